The molecule has 2 aromatic rings. The molecule has 0 fully saturated rings. The van der Waals surface area contributed by atoms with Crippen molar-refractivity contribution in [1.82, 2.24) is 5.16 Å². The zero-order chi connectivity index (χ0) is 14.9. The highest BCUT2D eigenvalue weighted by molar-refractivity contribution is 9.10. The van der Waals surface area contributed by atoms with Crippen LogP contribution in [0.25, 0.3) is 0 Å². The van der Waals surface area contributed by atoms with E-state index in [9.17, 15) is 12.8 Å². The number of rotatable bonds is 4. The molecule has 0 unspecified atom stereocenters. The fourth-order valence-corrected chi connectivity index (χ4v) is 3.14. The molecular formula is C12H12BrFN2O3S. The van der Waals surface area contributed by atoms with E-state index in [-0.39, 0.29) is 10.2 Å². The van der Waals surface area contributed by atoms with E-state index in [0.717, 1.165) is 0 Å². The summed E-state index contributed by atoms with van der Waals surface area (Å²) in [7, 11) is -3.64. The lowest BCUT2D eigenvalue weighted by Gasteiger charge is -2.10. The molecule has 5 nitrogen and oxygen atoms in total. The van der Waals surface area contributed by atoms with Crippen molar-refractivity contribution >= 4 is 31.6 Å². The highest BCUT2D eigenvalue weighted by Crippen LogP contribution is 2.25. The third-order valence-electron chi connectivity index (χ3n) is 2.55. The predicted molar refractivity (Wildman–Crippen MR) is 76.3 cm³/mol. The summed E-state index contributed by atoms with van der Waals surface area (Å²) >= 11 is 3.02. The number of aromatic nitrogens is 1. The normalized spacial score (nSPS) is 11.6. The molecule has 0 radical (unpaired) electrons. The Labute approximate surface area is 124 Å². The van der Waals surface area contributed by atoms with Crippen LogP contribution in [0.2, 0.25) is 0 Å². The number of nitrogens with one attached hydrogen (secondary N) is 1. The van der Waals surface area contributed by atoms with Crippen molar-refractivity contribution in [2.45, 2.75) is 19.6 Å². The summed E-state index contributed by atoms with van der Waals surface area (Å²) in [6.45, 7) is 3.30. The van der Waals surface area contributed by atoms with E-state index in [1.54, 1.807) is 19.9 Å². The van der Waals surface area contributed by atoms with Crippen molar-refractivity contribution in [1.29, 1.82) is 0 Å². The van der Waals surface area contributed by atoms with Gasteiger partial charge < -0.3 is 4.52 Å². The standard InChI is InChI=1S/C12H12BrFN2O3S/c1-7-3-11(14)10(13)5-12(7)16-20(17,18)6-9-4-8(2)19-15-9/h3-5,16H,6H2,1-2H3. The molecule has 2 rings (SSSR count). The molecular weight excluding hydrogens is 351 g/mol. The SMILES string of the molecule is Cc1cc(CS(=O)(=O)Nc2cc(Br)c(F)cc2C)no1. The molecule has 0 bridgehead atoms. The number of sulfonamides is 1. The quantitative estimate of drug-likeness (QED) is 0.906. The first-order valence-corrected chi connectivity index (χ1v) is 8.10. The van der Waals surface area contributed by atoms with Crippen molar-refractivity contribution in [3.63, 3.8) is 0 Å². The molecule has 1 heterocycles. The van der Waals surface area contributed by atoms with Gasteiger partial charge in [0.1, 0.15) is 23.0 Å². The van der Waals surface area contributed by atoms with Crippen LogP contribution in [0.15, 0.2) is 27.2 Å². The van der Waals surface area contributed by atoms with Gasteiger partial charge in [0, 0.05) is 6.07 Å². The van der Waals surface area contributed by atoms with E-state index < -0.39 is 15.8 Å². The molecule has 0 aliphatic heterocycles. The fourth-order valence-electron chi connectivity index (χ4n) is 1.64. The molecule has 0 amide bonds. The van der Waals surface area contributed by atoms with Crippen LogP contribution in [0.1, 0.15) is 17.0 Å². The van der Waals surface area contributed by atoms with Gasteiger partial charge in [0.25, 0.3) is 0 Å². The minimum Gasteiger partial charge on any atom is -0.361 e. The molecule has 0 aliphatic rings. The maximum atomic E-state index is 13.3. The van der Waals surface area contributed by atoms with Gasteiger partial charge in [0.15, 0.2) is 0 Å². The highest BCUT2D eigenvalue weighted by Gasteiger charge is 2.16. The third kappa shape index (κ3) is 3.57. The average Bonchev–Trinajstić information content (AvgIpc) is 2.70. The molecule has 1 aromatic carbocycles. The maximum Gasteiger partial charge on any atom is 0.238 e. The van der Waals surface area contributed by atoms with E-state index in [2.05, 4.69) is 25.8 Å². The van der Waals surface area contributed by atoms with Crippen molar-refractivity contribution in [2.24, 2.45) is 0 Å². The minimum absolute atomic E-state index is 0.193. The van der Waals surface area contributed by atoms with E-state index in [1.165, 1.54) is 12.1 Å². The highest BCUT2D eigenvalue weighted by atomic mass is 79.9. The van der Waals surface area contributed by atoms with Crippen molar-refractivity contribution in [3.05, 3.63) is 45.5 Å². The van der Waals surface area contributed by atoms with E-state index in [1.807, 2.05) is 0 Å². The second kappa shape index (κ2) is 5.53. The summed E-state index contributed by atoms with van der Waals surface area (Å²) in [5.41, 5.74) is 1.12. The van der Waals surface area contributed by atoms with Gasteiger partial charge in [-0.05, 0) is 47.5 Å². The predicted octanol–water partition coefficient (Wildman–Crippen LogP) is 3.13. The van der Waals surface area contributed by atoms with Crippen LogP contribution < -0.4 is 4.72 Å². The van der Waals surface area contributed by atoms with Crippen LogP contribution in [-0.4, -0.2) is 13.6 Å². The van der Waals surface area contributed by atoms with Gasteiger partial charge in [0.05, 0.1) is 10.2 Å². The van der Waals surface area contributed by atoms with Crippen LogP contribution in [-0.2, 0) is 15.8 Å². The van der Waals surface area contributed by atoms with Gasteiger partial charge in [-0.3, -0.25) is 4.72 Å². The molecule has 0 saturated carbocycles. The summed E-state index contributed by atoms with van der Waals surface area (Å²) in [5.74, 6) is -0.216. The first-order valence-electron chi connectivity index (χ1n) is 5.65. The average molecular weight is 363 g/mol. The molecule has 8 heteroatoms. The number of aryl methyl sites for hydroxylation is 2. The van der Waals surface area contributed by atoms with Gasteiger partial charge in [0.2, 0.25) is 10.0 Å². The number of benzene rings is 1. The lowest BCUT2D eigenvalue weighted by Crippen LogP contribution is -2.16. The molecule has 0 atom stereocenters. The smallest absolute Gasteiger partial charge is 0.238 e. The van der Waals surface area contributed by atoms with Crippen LogP contribution in [0.3, 0.4) is 0 Å². The van der Waals surface area contributed by atoms with Crippen LogP contribution in [0, 0.1) is 19.7 Å². The summed E-state index contributed by atoms with van der Waals surface area (Å²) in [4.78, 5) is 0. The first-order chi connectivity index (χ1) is 9.27. The lowest BCUT2D eigenvalue weighted by molar-refractivity contribution is 0.392. The van der Waals surface area contributed by atoms with E-state index in [0.29, 0.717) is 22.7 Å². The van der Waals surface area contributed by atoms with Crippen LogP contribution in [0.4, 0.5) is 10.1 Å². The molecule has 0 saturated heterocycles. The monoisotopic (exact) mass is 362 g/mol. The topological polar surface area (TPSA) is 72.2 Å². The molecule has 1 N–H and O–H groups in total. The Morgan fingerprint density at radius 3 is 2.65 bits per heavy atom. The second-order valence-corrected chi connectivity index (χ2v) is 6.95. The van der Waals surface area contributed by atoms with Gasteiger partial charge in [-0.2, -0.15) is 0 Å². The maximum absolute atomic E-state index is 13.3. The Bertz CT molecular complexity index is 743. The Hall–Kier alpha value is -1.41. The first kappa shape index (κ1) is 15.0. The molecule has 0 spiro atoms. The molecule has 0 aliphatic carbocycles. The minimum atomic E-state index is -3.64. The molecule has 1 aromatic heterocycles. The Kier molecular flexibility index (Phi) is 4.14. The van der Waals surface area contributed by atoms with E-state index >= 15 is 0 Å². The van der Waals surface area contributed by atoms with E-state index in [4.69, 9.17) is 4.52 Å². The summed E-state index contributed by atoms with van der Waals surface area (Å²) in [6.07, 6.45) is 0. The summed E-state index contributed by atoms with van der Waals surface area (Å²) in [5, 5.41) is 3.63. The fraction of sp³-hybridized carbons (Fsp3) is 0.250. The Balaban J connectivity index is 2.22. The van der Waals surface area contributed by atoms with Crippen LogP contribution in [0.5, 0.6) is 0 Å². The third-order valence-corrected chi connectivity index (χ3v) is 4.36. The van der Waals surface area contributed by atoms with Gasteiger partial charge in [-0.1, -0.05) is 5.16 Å². The number of halogens is 2. The van der Waals surface area contributed by atoms with Crippen molar-refractivity contribution in [3.8, 4) is 0 Å². The molecule has 108 valence electrons. The number of anilines is 1. The Morgan fingerprint density at radius 1 is 1.35 bits per heavy atom. The van der Waals surface area contributed by atoms with Crippen molar-refractivity contribution in [2.75, 3.05) is 4.72 Å². The van der Waals surface area contributed by atoms with Gasteiger partial charge in [-0.15, -0.1) is 0 Å². The summed E-state index contributed by atoms with van der Waals surface area (Å²) < 4.78 is 44.8. The lowest BCUT2D eigenvalue weighted by atomic mass is 10.2. The number of hydrogen-bond acceptors (Lipinski definition) is 4. The second-order valence-electron chi connectivity index (χ2n) is 4.37. The zero-order valence-electron chi connectivity index (χ0n) is 10.8. The zero-order valence-corrected chi connectivity index (χ0v) is 13.2. The Morgan fingerprint density at radius 2 is 2.05 bits per heavy atom. The van der Waals surface area contributed by atoms with Gasteiger partial charge in [-0.25, -0.2) is 12.8 Å². The van der Waals surface area contributed by atoms with Crippen LogP contribution >= 0.6 is 15.9 Å². The summed E-state index contributed by atoms with van der Waals surface area (Å²) in [6, 6.07) is 4.19. The number of hydrogen-bond donors (Lipinski definition) is 1. The van der Waals surface area contributed by atoms with Gasteiger partial charge >= 0.3 is 0 Å². The van der Waals surface area contributed by atoms with Crippen molar-refractivity contribution < 1.29 is 17.3 Å². The number of nitrogens with zero attached hydrogens (tertiary/aromatic N) is 1. The largest absolute Gasteiger partial charge is 0.361 e. The molecule has 20 heavy (non-hydrogen) atoms.